The minimum absolute atomic E-state index is 0.147. The van der Waals surface area contributed by atoms with E-state index in [1.165, 1.54) is 9.58 Å². The first-order chi connectivity index (χ1) is 16.3. The highest BCUT2D eigenvalue weighted by Crippen LogP contribution is 2.19. The van der Waals surface area contributed by atoms with E-state index >= 15 is 0 Å². The standard InChI is InChI=1S/C25H29N5O4/c1-17(2)30-24(32)21-7-5-4-6-20(21)23(27-30)25(33)28(3)16-22(31)26-18-8-10-19(11-9-18)29-12-14-34-15-13-29/h4-11,17H,12-16H2,1-3H3,(H,26,31). The maximum Gasteiger partial charge on any atom is 0.275 e. The molecule has 2 heterocycles. The van der Waals surface area contributed by atoms with E-state index in [9.17, 15) is 14.4 Å². The van der Waals surface area contributed by atoms with E-state index in [0.29, 0.717) is 29.7 Å². The largest absolute Gasteiger partial charge is 0.378 e. The van der Waals surface area contributed by atoms with E-state index in [1.54, 1.807) is 31.3 Å². The van der Waals surface area contributed by atoms with Crippen LogP contribution < -0.4 is 15.8 Å². The summed E-state index contributed by atoms with van der Waals surface area (Å²) in [5.74, 6) is -0.750. The number of fused-ring (bicyclic) bond motifs is 1. The van der Waals surface area contributed by atoms with Crippen molar-refractivity contribution in [2.75, 3.05) is 50.1 Å². The third kappa shape index (κ3) is 4.94. The maximum absolute atomic E-state index is 13.2. The number of anilines is 2. The van der Waals surface area contributed by atoms with Gasteiger partial charge < -0.3 is 19.9 Å². The molecular weight excluding hydrogens is 434 g/mol. The third-order valence-corrected chi connectivity index (χ3v) is 5.77. The number of ether oxygens (including phenoxy) is 1. The normalized spacial score (nSPS) is 13.8. The lowest BCUT2D eigenvalue weighted by Crippen LogP contribution is -2.37. The summed E-state index contributed by atoms with van der Waals surface area (Å²) in [7, 11) is 1.55. The lowest BCUT2D eigenvalue weighted by molar-refractivity contribution is -0.116. The van der Waals surface area contributed by atoms with Gasteiger partial charge in [0.05, 0.1) is 31.2 Å². The molecule has 0 aliphatic carbocycles. The molecule has 3 aromatic rings. The second-order valence-corrected chi connectivity index (χ2v) is 8.59. The molecule has 178 valence electrons. The van der Waals surface area contributed by atoms with Crippen molar-refractivity contribution in [3.05, 3.63) is 64.6 Å². The highest BCUT2D eigenvalue weighted by Gasteiger charge is 2.22. The second kappa shape index (κ2) is 10.0. The summed E-state index contributed by atoms with van der Waals surface area (Å²) in [5, 5.41) is 8.06. The van der Waals surface area contributed by atoms with Crippen molar-refractivity contribution in [1.29, 1.82) is 0 Å². The summed E-state index contributed by atoms with van der Waals surface area (Å²) in [4.78, 5) is 42.1. The summed E-state index contributed by atoms with van der Waals surface area (Å²) in [6, 6.07) is 14.3. The van der Waals surface area contributed by atoms with Crippen molar-refractivity contribution in [3.8, 4) is 0 Å². The van der Waals surface area contributed by atoms with Crippen LogP contribution in [0.3, 0.4) is 0 Å². The number of nitrogens with zero attached hydrogens (tertiary/aromatic N) is 4. The zero-order chi connectivity index (χ0) is 24.2. The summed E-state index contributed by atoms with van der Waals surface area (Å²) in [6.45, 7) is 6.60. The molecule has 2 amide bonds. The average molecular weight is 464 g/mol. The second-order valence-electron chi connectivity index (χ2n) is 8.59. The third-order valence-electron chi connectivity index (χ3n) is 5.77. The van der Waals surface area contributed by atoms with Crippen molar-refractivity contribution >= 4 is 34.0 Å². The van der Waals surface area contributed by atoms with Gasteiger partial charge in [0.1, 0.15) is 0 Å². The van der Waals surface area contributed by atoms with Crippen LogP contribution in [0.15, 0.2) is 53.3 Å². The Morgan fingerprint density at radius 2 is 1.71 bits per heavy atom. The van der Waals surface area contributed by atoms with Gasteiger partial charge in [0.2, 0.25) is 5.91 Å². The van der Waals surface area contributed by atoms with E-state index in [4.69, 9.17) is 4.74 Å². The number of nitrogens with one attached hydrogen (secondary N) is 1. The van der Waals surface area contributed by atoms with E-state index < -0.39 is 5.91 Å². The molecule has 34 heavy (non-hydrogen) atoms. The van der Waals surface area contributed by atoms with Crippen LogP contribution in [0.25, 0.3) is 10.8 Å². The molecular formula is C25H29N5O4. The Morgan fingerprint density at radius 1 is 1.06 bits per heavy atom. The summed E-state index contributed by atoms with van der Waals surface area (Å²) < 4.78 is 6.69. The Labute approximate surface area is 197 Å². The van der Waals surface area contributed by atoms with Crippen LogP contribution in [0, 0.1) is 0 Å². The van der Waals surface area contributed by atoms with Gasteiger partial charge in [-0.2, -0.15) is 5.10 Å². The first-order valence-electron chi connectivity index (χ1n) is 11.3. The summed E-state index contributed by atoms with van der Waals surface area (Å²) in [6.07, 6.45) is 0. The number of amides is 2. The van der Waals surface area contributed by atoms with Crippen LogP contribution in [0.1, 0.15) is 30.4 Å². The van der Waals surface area contributed by atoms with Crippen LogP contribution in [-0.2, 0) is 9.53 Å². The SMILES string of the molecule is CC(C)n1nc(C(=O)N(C)CC(=O)Nc2ccc(N3CCOCC3)cc2)c2ccccc2c1=O. The first kappa shape index (κ1) is 23.4. The molecule has 1 saturated heterocycles. The molecule has 1 fully saturated rings. The van der Waals surface area contributed by atoms with Crippen LogP contribution in [0.2, 0.25) is 0 Å². The van der Waals surface area contributed by atoms with E-state index in [-0.39, 0.29) is 29.7 Å². The zero-order valence-corrected chi connectivity index (χ0v) is 19.7. The van der Waals surface area contributed by atoms with Crippen LogP contribution in [-0.4, -0.2) is 66.4 Å². The number of rotatable bonds is 6. The molecule has 1 aliphatic rings. The molecule has 2 aromatic carbocycles. The van der Waals surface area contributed by atoms with Crippen molar-refractivity contribution in [1.82, 2.24) is 14.7 Å². The highest BCUT2D eigenvalue weighted by atomic mass is 16.5. The number of hydrogen-bond donors (Lipinski definition) is 1. The van der Waals surface area contributed by atoms with Crippen molar-refractivity contribution in [2.24, 2.45) is 0 Å². The number of morpholine rings is 1. The van der Waals surface area contributed by atoms with Crippen molar-refractivity contribution < 1.29 is 14.3 Å². The van der Waals surface area contributed by atoms with Crippen LogP contribution in [0.4, 0.5) is 11.4 Å². The van der Waals surface area contributed by atoms with E-state index in [0.717, 1.165) is 18.8 Å². The van der Waals surface area contributed by atoms with E-state index in [2.05, 4.69) is 15.3 Å². The highest BCUT2D eigenvalue weighted by molar-refractivity contribution is 6.06. The van der Waals surface area contributed by atoms with Gasteiger partial charge in [-0.25, -0.2) is 4.68 Å². The van der Waals surface area contributed by atoms with E-state index in [1.807, 2.05) is 38.1 Å². The molecule has 0 spiro atoms. The quantitative estimate of drug-likeness (QED) is 0.604. The van der Waals surface area contributed by atoms with Gasteiger partial charge in [-0.3, -0.25) is 14.4 Å². The molecule has 9 heteroatoms. The Kier molecular flexibility index (Phi) is 6.93. The molecule has 4 rings (SSSR count). The molecule has 9 nitrogen and oxygen atoms in total. The first-order valence-corrected chi connectivity index (χ1v) is 11.3. The Balaban J connectivity index is 1.46. The molecule has 1 aromatic heterocycles. The number of likely N-dealkylation sites (N-methyl/N-ethyl adjacent to an activating group) is 1. The molecule has 0 bridgehead atoms. The predicted octanol–water partition coefficient (Wildman–Crippen LogP) is 2.52. The van der Waals surface area contributed by atoms with Gasteiger partial charge in [0.25, 0.3) is 11.5 Å². The fourth-order valence-corrected chi connectivity index (χ4v) is 3.96. The summed E-state index contributed by atoms with van der Waals surface area (Å²) in [5.41, 5.74) is 1.63. The zero-order valence-electron chi connectivity index (χ0n) is 19.7. The molecule has 0 unspecified atom stereocenters. The molecule has 0 saturated carbocycles. The van der Waals surface area contributed by atoms with Crippen LogP contribution >= 0.6 is 0 Å². The maximum atomic E-state index is 13.2. The molecule has 0 atom stereocenters. The Morgan fingerprint density at radius 3 is 2.35 bits per heavy atom. The lowest BCUT2D eigenvalue weighted by Gasteiger charge is -2.28. The lowest BCUT2D eigenvalue weighted by atomic mass is 10.1. The minimum Gasteiger partial charge on any atom is -0.378 e. The van der Waals surface area contributed by atoms with Crippen LogP contribution in [0.5, 0.6) is 0 Å². The Hall–Kier alpha value is -3.72. The monoisotopic (exact) mass is 463 g/mol. The van der Waals surface area contributed by atoms with Crippen molar-refractivity contribution in [2.45, 2.75) is 19.9 Å². The fourth-order valence-electron chi connectivity index (χ4n) is 3.96. The van der Waals surface area contributed by atoms with Crippen molar-refractivity contribution in [3.63, 3.8) is 0 Å². The van der Waals surface area contributed by atoms with Gasteiger partial charge in [-0.05, 0) is 44.2 Å². The number of aromatic nitrogens is 2. The number of carbonyl (C=O) groups is 2. The fraction of sp³-hybridized carbons (Fsp3) is 0.360. The van der Waals surface area contributed by atoms with Gasteiger partial charge in [-0.15, -0.1) is 0 Å². The average Bonchev–Trinajstić information content (AvgIpc) is 2.84. The van der Waals surface area contributed by atoms with Gasteiger partial charge in [-0.1, -0.05) is 18.2 Å². The van der Waals surface area contributed by atoms with Gasteiger partial charge >= 0.3 is 0 Å². The van der Waals surface area contributed by atoms with Gasteiger partial charge in [0.15, 0.2) is 5.69 Å². The minimum atomic E-state index is -0.427. The topological polar surface area (TPSA) is 96.8 Å². The summed E-state index contributed by atoms with van der Waals surface area (Å²) >= 11 is 0. The molecule has 1 aliphatic heterocycles. The molecule has 1 N–H and O–H groups in total. The van der Waals surface area contributed by atoms with Gasteiger partial charge in [0, 0.05) is 36.9 Å². The smallest absolute Gasteiger partial charge is 0.275 e. The predicted molar refractivity (Wildman–Crippen MR) is 131 cm³/mol. The number of carbonyl (C=O) groups excluding carboxylic acids is 2. The Bertz CT molecular complexity index is 1250. The number of hydrogen-bond acceptors (Lipinski definition) is 6. The molecule has 0 radical (unpaired) electrons. The number of benzene rings is 2.